The molecule has 178 valence electrons. The van der Waals surface area contributed by atoms with E-state index < -0.39 is 17.8 Å². The molecule has 0 aliphatic heterocycles. The van der Waals surface area contributed by atoms with E-state index in [2.05, 4.69) is 20.3 Å². The first-order chi connectivity index (χ1) is 16.7. The van der Waals surface area contributed by atoms with E-state index in [1.165, 1.54) is 6.07 Å². The van der Waals surface area contributed by atoms with E-state index in [1.54, 1.807) is 48.8 Å². The van der Waals surface area contributed by atoms with E-state index in [4.69, 9.17) is 4.74 Å². The Hall–Kier alpha value is -4.47. The van der Waals surface area contributed by atoms with Crippen LogP contribution in [0.2, 0.25) is 0 Å². The van der Waals surface area contributed by atoms with Gasteiger partial charge in [0.2, 0.25) is 5.95 Å². The zero-order valence-electron chi connectivity index (χ0n) is 18.4. The molecule has 35 heavy (non-hydrogen) atoms. The van der Waals surface area contributed by atoms with Crippen LogP contribution in [0, 0.1) is 6.92 Å². The summed E-state index contributed by atoms with van der Waals surface area (Å²) >= 11 is 0. The third kappa shape index (κ3) is 5.91. The van der Waals surface area contributed by atoms with Crippen molar-refractivity contribution < 1.29 is 27.8 Å². The number of nitrogens with zero attached hydrogens (tertiary/aromatic N) is 3. The van der Waals surface area contributed by atoms with Crippen LogP contribution in [0.25, 0.3) is 11.1 Å². The van der Waals surface area contributed by atoms with Crippen LogP contribution in [-0.4, -0.2) is 26.0 Å². The molecule has 2 aromatic carbocycles. The average molecular weight is 480 g/mol. The predicted octanol–water partition coefficient (Wildman–Crippen LogP) is 5.89. The minimum absolute atomic E-state index is 0.0196. The number of benzene rings is 2. The summed E-state index contributed by atoms with van der Waals surface area (Å²) in [5.41, 5.74) is 2.26. The van der Waals surface area contributed by atoms with Gasteiger partial charge in [-0.1, -0.05) is 12.1 Å². The number of hydrogen-bond acceptors (Lipinski definition) is 6. The number of anilines is 2. The monoisotopic (exact) mass is 480 g/mol. The number of carboxylic acid groups (broad SMARTS) is 1. The standard InChI is InChI=1S/C25H19F3N4O3/c1-15-10-18(12-19(11-15)31-24-30-9-6-22(32-24)25(26,27)28)17-2-3-21(20(13-17)23(33)34)35-14-16-4-7-29-8-5-16/h2-13H,14H2,1H3,(H,33,34)(H,30,31,32). The highest BCUT2D eigenvalue weighted by Gasteiger charge is 2.32. The van der Waals surface area contributed by atoms with Gasteiger partial charge in [-0.05, 0) is 71.6 Å². The molecule has 4 aromatic rings. The number of aromatic nitrogens is 3. The zero-order chi connectivity index (χ0) is 25.0. The lowest BCUT2D eigenvalue weighted by atomic mass is 10.00. The van der Waals surface area contributed by atoms with Crippen molar-refractivity contribution in [3.63, 3.8) is 0 Å². The summed E-state index contributed by atoms with van der Waals surface area (Å²) < 4.78 is 44.6. The minimum atomic E-state index is -4.59. The number of nitrogens with one attached hydrogen (secondary N) is 1. The quantitative estimate of drug-likeness (QED) is 0.341. The lowest BCUT2D eigenvalue weighted by Gasteiger charge is -2.13. The summed E-state index contributed by atoms with van der Waals surface area (Å²) in [6.45, 7) is 1.99. The molecule has 0 spiro atoms. The SMILES string of the molecule is Cc1cc(Nc2nccc(C(F)(F)F)n2)cc(-c2ccc(OCc3ccncc3)c(C(=O)O)c2)c1. The number of carboxylic acids is 1. The molecule has 0 aliphatic rings. The molecule has 0 fully saturated rings. The summed E-state index contributed by atoms with van der Waals surface area (Å²) in [6.07, 6.45) is -0.328. The number of aryl methyl sites for hydroxylation is 1. The number of hydrogen-bond donors (Lipinski definition) is 2. The van der Waals surface area contributed by atoms with Gasteiger partial charge in [-0.25, -0.2) is 14.8 Å². The van der Waals surface area contributed by atoms with Gasteiger partial charge in [0, 0.05) is 24.3 Å². The minimum Gasteiger partial charge on any atom is -0.488 e. The van der Waals surface area contributed by atoms with Crippen molar-refractivity contribution in [2.45, 2.75) is 19.7 Å². The van der Waals surface area contributed by atoms with E-state index in [0.717, 1.165) is 23.4 Å². The van der Waals surface area contributed by atoms with Crippen LogP contribution >= 0.6 is 0 Å². The Balaban J connectivity index is 1.61. The van der Waals surface area contributed by atoms with Crippen LogP contribution in [0.1, 0.15) is 27.2 Å². The molecule has 10 heteroatoms. The molecular formula is C25H19F3N4O3. The normalized spacial score (nSPS) is 11.2. The van der Waals surface area contributed by atoms with Crippen molar-refractivity contribution in [3.05, 3.63) is 95.6 Å². The van der Waals surface area contributed by atoms with Crippen LogP contribution in [0.4, 0.5) is 24.8 Å². The Kier molecular flexibility index (Phi) is 6.63. The van der Waals surface area contributed by atoms with Crippen LogP contribution < -0.4 is 10.1 Å². The number of pyridine rings is 1. The molecule has 0 unspecified atom stereocenters. The van der Waals surface area contributed by atoms with Gasteiger partial charge in [-0.3, -0.25) is 4.98 Å². The molecule has 0 saturated heterocycles. The molecule has 2 aromatic heterocycles. The number of halogens is 3. The Morgan fingerprint density at radius 2 is 1.77 bits per heavy atom. The van der Waals surface area contributed by atoms with Gasteiger partial charge in [0.1, 0.15) is 23.6 Å². The molecule has 4 rings (SSSR count). The van der Waals surface area contributed by atoms with Gasteiger partial charge in [0.25, 0.3) is 0 Å². The fourth-order valence-electron chi connectivity index (χ4n) is 3.37. The first-order valence-electron chi connectivity index (χ1n) is 10.4. The van der Waals surface area contributed by atoms with Gasteiger partial charge in [-0.15, -0.1) is 0 Å². The van der Waals surface area contributed by atoms with E-state index >= 15 is 0 Å². The lowest BCUT2D eigenvalue weighted by molar-refractivity contribution is -0.141. The maximum absolute atomic E-state index is 13.0. The summed E-state index contributed by atoms with van der Waals surface area (Å²) in [5, 5.41) is 12.5. The van der Waals surface area contributed by atoms with Crippen molar-refractivity contribution in [1.82, 2.24) is 15.0 Å². The van der Waals surface area contributed by atoms with Crippen molar-refractivity contribution in [2.24, 2.45) is 0 Å². The number of alkyl halides is 3. The Morgan fingerprint density at radius 3 is 2.49 bits per heavy atom. The van der Waals surface area contributed by atoms with E-state index in [0.29, 0.717) is 16.8 Å². The highest BCUT2D eigenvalue weighted by atomic mass is 19.4. The largest absolute Gasteiger partial charge is 0.488 e. The third-order valence-electron chi connectivity index (χ3n) is 4.97. The second kappa shape index (κ2) is 9.80. The van der Waals surface area contributed by atoms with E-state index in [9.17, 15) is 23.1 Å². The van der Waals surface area contributed by atoms with Crippen LogP contribution in [0.3, 0.4) is 0 Å². The fraction of sp³-hybridized carbons (Fsp3) is 0.120. The first kappa shape index (κ1) is 23.7. The van der Waals surface area contributed by atoms with Crippen molar-refractivity contribution in [2.75, 3.05) is 5.32 Å². The lowest BCUT2D eigenvalue weighted by Crippen LogP contribution is -2.10. The van der Waals surface area contributed by atoms with Crippen molar-refractivity contribution >= 4 is 17.6 Å². The maximum Gasteiger partial charge on any atom is 0.433 e. The number of rotatable bonds is 7. The molecule has 0 atom stereocenters. The molecule has 0 radical (unpaired) electrons. The van der Waals surface area contributed by atoms with Gasteiger partial charge in [0.15, 0.2) is 0 Å². The first-order valence-corrected chi connectivity index (χ1v) is 10.4. The topological polar surface area (TPSA) is 97.2 Å². The highest BCUT2D eigenvalue weighted by molar-refractivity contribution is 5.93. The molecule has 2 heterocycles. The zero-order valence-corrected chi connectivity index (χ0v) is 18.4. The maximum atomic E-state index is 13.0. The van der Waals surface area contributed by atoms with Crippen LogP contribution in [0.5, 0.6) is 5.75 Å². The molecule has 0 aliphatic carbocycles. The molecule has 7 nitrogen and oxygen atoms in total. The van der Waals surface area contributed by atoms with E-state index in [-0.39, 0.29) is 23.9 Å². The predicted molar refractivity (Wildman–Crippen MR) is 122 cm³/mol. The molecule has 0 bridgehead atoms. The Labute approximate surface area is 198 Å². The second-order valence-electron chi connectivity index (χ2n) is 7.64. The van der Waals surface area contributed by atoms with Crippen molar-refractivity contribution in [3.8, 4) is 16.9 Å². The van der Waals surface area contributed by atoms with Gasteiger partial charge >= 0.3 is 12.1 Å². The fourth-order valence-corrected chi connectivity index (χ4v) is 3.37. The average Bonchev–Trinajstić information content (AvgIpc) is 2.82. The number of carbonyl (C=O) groups is 1. The summed E-state index contributed by atoms with van der Waals surface area (Å²) in [4.78, 5) is 23.2. The summed E-state index contributed by atoms with van der Waals surface area (Å²) in [5.74, 6) is -1.15. The van der Waals surface area contributed by atoms with Gasteiger partial charge in [-0.2, -0.15) is 13.2 Å². The number of aromatic carboxylic acids is 1. The molecule has 0 amide bonds. The highest BCUT2D eigenvalue weighted by Crippen LogP contribution is 2.31. The van der Waals surface area contributed by atoms with Crippen molar-refractivity contribution in [1.29, 1.82) is 0 Å². The van der Waals surface area contributed by atoms with Crippen LogP contribution in [-0.2, 0) is 12.8 Å². The van der Waals surface area contributed by atoms with Gasteiger partial charge < -0.3 is 15.2 Å². The molecule has 2 N–H and O–H groups in total. The Bertz CT molecular complexity index is 1360. The van der Waals surface area contributed by atoms with Gasteiger partial charge in [0.05, 0.1) is 0 Å². The third-order valence-corrected chi connectivity index (χ3v) is 4.97. The van der Waals surface area contributed by atoms with Crippen LogP contribution in [0.15, 0.2) is 73.2 Å². The molecular weight excluding hydrogens is 461 g/mol. The summed E-state index contributed by atoms with van der Waals surface area (Å²) in [6, 6.07) is 14.3. The smallest absolute Gasteiger partial charge is 0.433 e. The number of ether oxygens (including phenoxy) is 1. The molecule has 0 saturated carbocycles. The summed E-state index contributed by atoms with van der Waals surface area (Å²) in [7, 11) is 0. The van der Waals surface area contributed by atoms with E-state index in [1.807, 2.05) is 13.0 Å². The second-order valence-corrected chi connectivity index (χ2v) is 7.64. The Morgan fingerprint density at radius 1 is 1.00 bits per heavy atom.